The number of nitrogens with two attached hydrogens (primary N) is 1. The number of nitrogen functional groups attached to an aromatic ring is 1. The van der Waals surface area contributed by atoms with Crippen molar-refractivity contribution in [2.24, 2.45) is 0 Å². The van der Waals surface area contributed by atoms with Gasteiger partial charge in [-0.3, -0.25) is 9.78 Å². The van der Waals surface area contributed by atoms with Gasteiger partial charge in [0.15, 0.2) is 0 Å². The molecule has 8 heteroatoms. The first-order valence-electron chi connectivity index (χ1n) is 7.90. The zero-order valence-corrected chi connectivity index (χ0v) is 17.7. The number of benzene rings is 1. The Kier molecular flexibility index (Phi) is 4.94. The van der Waals surface area contributed by atoms with Crippen LogP contribution < -0.4 is 11.1 Å². The minimum atomic E-state index is -0.266. The van der Waals surface area contributed by atoms with Gasteiger partial charge in [0.1, 0.15) is 9.71 Å². The van der Waals surface area contributed by atoms with Crippen molar-refractivity contribution in [3.8, 4) is 11.4 Å². The summed E-state index contributed by atoms with van der Waals surface area (Å²) in [5.74, 6) is -0.266. The second kappa shape index (κ2) is 7.38. The van der Waals surface area contributed by atoms with Crippen molar-refractivity contribution in [1.82, 2.24) is 9.97 Å². The lowest BCUT2D eigenvalue weighted by Crippen LogP contribution is -2.12. The molecule has 0 saturated heterocycles. The van der Waals surface area contributed by atoms with Crippen molar-refractivity contribution >= 4 is 70.7 Å². The molecule has 0 aliphatic rings. The van der Waals surface area contributed by atoms with Crippen LogP contribution in [0.25, 0.3) is 21.6 Å². The summed E-state index contributed by atoms with van der Waals surface area (Å²) in [5, 5.41) is 3.65. The number of amides is 1. The second-order valence-corrected chi connectivity index (χ2v) is 8.46. The van der Waals surface area contributed by atoms with Gasteiger partial charge in [0.2, 0.25) is 0 Å². The van der Waals surface area contributed by atoms with Gasteiger partial charge in [0, 0.05) is 20.5 Å². The molecule has 0 fully saturated rings. The van der Waals surface area contributed by atoms with E-state index in [1.54, 1.807) is 6.20 Å². The molecule has 1 aromatic carbocycles. The maximum atomic E-state index is 12.7. The lowest BCUT2D eigenvalue weighted by atomic mass is 10.2. The van der Waals surface area contributed by atoms with Crippen molar-refractivity contribution in [3.05, 3.63) is 68.6 Å². The number of nitrogens with zero attached hydrogens (tertiary/aromatic N) is 2. The normalized spacial score (nSPS) is 10.9. The van der Waals surface area contributed by atoms with Gasteiger partial charge in [-0.15, -0.1) is 11.3 Å². The molecule has 3 aromatic heterocycles. The lowest BCUT2D eigenvalue weighted by molar-refractivity contribution is 0.103. The molecule has 0 spiro atoms. The Morgan fingerprint density at radius 1 is 1.07 bits per heavy atom. The Labute approximate surface area is 175 Å². The van der Waals surface area contributed by atoms with E-state index in [1.807, 2.05) is 48.5 Å². The number of anilines is 2. The van der Waals surface area contributed by atoms with E-state index in [2.05, 4.69) is 47.1 Å². The first-order valence-corrected chi connectivity index (χ1v) is 10.3. The van der Waals surface area contributed by atoms with Crippen LogP contribution in [0.1, 0.15) is 9.67 Å². The fourth-order valence-electron chi connectivity index (χ4n) is 2.59. The number of pyridine rings is 2. The number of hydrogen-bond acceptors (Lipinski definition) is 5. The minimum Gasteiger partial charge on any atom is -0.397 e. The summed E-state index contributed by atoms with van der Waals surface area (Å²) in [7, 11) is 0. The number of halogens is 2. The zero-order valence-electron chi connectivity index (χ0n) is 13.7. The third-order valence-electron chi connectivity index (χ3n) is 3.91. The molecule has 0 unspecified atom stereocenters. The molecule has 4 aromatic rings. The van der Waals surface area contributed by atoms with Gasteiger partial charge >= 0.3 is 0 Å². The number of carbonyl (C=O) groups excluding carboxylic acids is 1. The molecule has 3 N–H and O–H groups in total. The topological polar surface area (TPSA) is 80.9 Å². The van der Waals surface area contributed by atoms with Gasteiger partial charge in [-0.05, 0) is 58.4 Å². The first kappa shape index (κ1) is 18.1. The van der Waals surface area contributed by atoms with Gasteiger partial charge in [0.05, 0.1) is 22.8 Å². The summed E-state index contributed by atoms with van der Waals surface area (Å²) in [6.45, 7) is 0. The van der Waals surface area contributed by atoms with Crippen molar-refractivity contribution in [3.63, 3.8) is 0 Å². The number of fused-ring (bicyclic) bond motifs is 1. The molecule has 134 valence electrons. The number of aromatic nitrogens is 2. The quantitative estimate of drug-likeness (QED) is 0.374. The second-order valence-electron chi connectivity index (χ2n) is 5.69. The highest BCUT2D eigenvalue weighted by Gasteiger charge is 2.19. The number of hydrogen-bond donors (Lipinski definition) is 2. The molecule has 0 radical (unpaired) electrons. The highest BCUT2D eigenvalue weighted by molar-refractivity contribution is 9.11. The van der Waals surface area contributed by atoms with Gasteiger partial charge in [-0.1, -0.05) is 22.0 Å². The number of rotatable bonds is 3. The Morgan fingerprint density at radius 3 is 2.67 bits per heavy atom. The summed E-state index contributed by atoms with van der Waals surface area (Å²) in [6, 6.07) is 14.9. The van der Waals surface area contributed by atoms with E-state index in [4.69, 9.17) is 5.73 Å². The molecule has 0 atom stereocenters. The summed E-state index contributed by atoms with van der Waals surface area (Å²) in [4.78, 5) is 22.8. The highest BCUT2D eigenvalue weighted by Crippen LogP contribution is 2.35. The van der Waals surface area contributed by atoms with Crippen LogP contribution in [-0.4, -0.2) is 15.9 Å². The predicted molar refractivity (Wildman–Crippen MR) is 117 cm³/mol. The van der Waals surface area contributed by atoms with Crippen LogP contribution in [0.3, 0.4) is 0 Å². The average molecular weight is 504 g/mol. The van der Waals surface area contributed by atoms with E-state index in [0.717, 1.165) is 25.7 Å². The Morgan fingerprint density at radius 2 is 1.93 bits per heavy atom. The van der Waals surface area contributed by atoms with Crippen LogP contribution in [0.15, 0.2) is 63.7 Å². The molecule has 0 bridgehead atoms. The van der Waals surface area contributed by atoms with Crippen LogP contribution >= 0.6 is 43.2 Å². The van der Waals surface area contributed by atoms with Crippen molar-refractivity contribution < 1.29 is 4.79 Å². The van der Waals surface area contributed by atoms with E-state index in [0.29, 0.717) is 21.1 Å². The van der Waals surface area contributed by atoms with Crippen LogP contribution in [0, 0.1) is 0 Å². The standard InChI is InChI=1S/C19H12Br2N4OS/c20-10-4-6-13(12(21)9-10)24-18(26)17-16(22)11-5-7-15(25-19(11)27-17)14-3-1-2-8-23-14/h1-9H,22H2,(H,24,26). The summed E-state index contributed by atoms with van der Waals surface area (Å²) < 4.78 is 1.69. The molecular weight excluding hydrogens is 492 g/mol. The van der Waals surface area contributed by atoms with Crippen LogP contribution in [0.4, 0.5) is 11.4 Å². The SMILES string of the molecule is Nc1c(C(=O)Nc2ccc(Br)cc2Br)sc2nc(-c3ccccn3)ccc12. The van der Waals surface area contributed by atoms with Crippen LogP contribution in [-0.2, 0) is 0 Å². The van der Waals surface area contributed by atoms with Gasteiger partial charge in [0.25, 0.3) is 5.91 Å². The first-order chi connectivity index (χ1) is 13.0. The molecule has 1 amide bonds. The Balaban J connectivity index is 1.69. The molecule has 0 aliphatic heterocycles. The average Bonchev–Trinajstić information content (AvgIpc) is 3.01. The van der Waals surface area contributed by atoms with Crippen molar-refractivity contribution in [2.45, 2.75) is 0 Å². The summed E-state index contributed by atoms with van der Waals surface area (Å²) in [6.07, 6.45) is 1.72. The van der Waals surface area contributed by atoms with Gasteiger partial charge in [-0.2, -0.15) is 0 Å². The smallest absolute Gasteiger partial charge is 0.267 e. The fraction of sp³-hybridized carbons (Fsp3) is 0. The molecule has 0 saturated carbocycles. The third kappa shape index (κ3) is 3.60. The zero-order chi connectivity index (χ0) is 19.0. The van der Waals surface area contributed by atoms with Gasteiger partial charge < -0.3 is 11.1 Å². The van der Waals surface area contributed by atoms with E-state index >= 15 is 0 Å². The van der Waals surface area contributed by atoms with Crippen molar-refractivity contribution in [2.75, 3.05) is 11.1 Å². The number of nitrogens with one attached hydrogen (secondary N) is 1. The molecule has 3 heterocycles. The lowest BCUT2D eigenvalue weighted by Gasteiger charge is -2.07. The summed E-state index contributed by atoms with van der Waals surface area (Å²) in [5.41, 5.74) is 8.84. The molecule has 5 nitrogen and oxygen atoms in total. The van der Waals surface area contributed by atoms with E-state index in [9.17, 15) is 4.79 Å². The maximum Gasteiger partial charge on any atom is 0.267 e. The van der Waals surface area contributed by atoms with Crippen LogP contribution in [0.2, 0.25) is 0 Å². The molecule has 27 heavy (non-hydrogen) atoms. The fourth-order valence-corrected chi connectivity index (χ4v) is 4.73. The molecule has 4 rings (SSSR count). The van der Waals surface area contributed by atoms with E-state index < -0.39 is 0 Å². The van der Waals surface area contributed by atoms with Crippen LogP contribution in [0.5, 0.6) is 0 Å². The number of thiophene rings is 1. The van der Waals surface area contributed by atoms with E-state index in [1.165, 1.54) is 11.3 Å². The third-order valence-corrected chi connectivity index (χ3v) is 6.17. The van der Waals surface area contributed by atoms with Crippen molar-refractivity contribution in [1.29, 1.82) is 0 Å². The Hall–Kier alpha value is -2.29. The maximum absolute atomic E-state index is 12.7. The highest BCUT2D eigenvalue weighted by atomic mass is 79.9. The number of carbonyl (C=O) groups is 1. The molecule has 0 aliphatic carbocycles. The molecular formula is C19H12Br2N4OS. The summed E-state index contributed by atoms with van der Waals surface area (Å²) >= 11 is 8.11. The predicted octanol–water partition coefficient (Wildman–Crippen LogP) is 5.72. The minimum absolute atomic E-state index is 0.266. The monoisotopic (exact) mass is 502 g/mol. The van der Waals surface area contributed by atoms with Gasteiger partial charge in [-0.25, -0.2) is 4.98 Å². The largest absolute Gasteiger partial charge is 0.397 e. The Bertz CT molecular complexity index is 1160. The van der Waals surface area contributed by atoms with E-state index in [-0.39, 0.29) is 5.91 Å².